The fourth-order valence-electron chi connectivity index (χ4n) is 1.06. The molecular weight excluding hydrogens is 140 g/mol. The molecule has 0 amide bonds. The first kappa shape index (κ1) is 6.15. The zero-order valence-electron chi connectivity index (χ0n) is 6.15. The zero-order chi connectivity index (χ0) is 7.84. The summed E-state index contributed by atoms with van der Waals surface area (Å²) in [6.07, 6.45) is 5.30. The van der Waals surface area contributed by atoms with Gasteiger partial charge in [0.2, 0.25) is 0 Å². The lowest BCUT2D eigenvalue weighted by atomic mass is 10.5. The molecule has 0 fully saturated rings. The molecule has 2 heterocycles. The van der Waals surface area contributed by atoms with E-state index in [1.54, 1.807) is 12.4 Å². The maximum absolute atomic E-state index is 5.58. The Morgan fingerprint density at radius 2 is 2.27 bits per heavy atom. The summed E-state index contributed by atoms with van der Waals surface area (Å²) in [4.78, 5) is 8.03. The number of nitrogens with zero attached hydrogens (tertiary/aromatic N) is 3. The van der Waals surface area contributed by atoms with Gasteiger partial charge in [-0.15, -0.1) is 0 Å². The molecule has 0 aliphatic heterocycles. The second-order valence-corrected chi connectivity index (χ2v) is 2.41. The van der Waals surface area contributed by atoms with Gasteiger partial charge in [0.1, 0.15) is 0 Å². The minimum absolute atomic E-state index is 0.473. The maximum atomic E-state index is 5.58. The summed E-state index contributed by atoms with van der Waals surface area (Å²) in [5.41, 5.74) is 7.34. The molecular formula is C7H8N4. The van der Waals surface area contributed by atoms with Crippen molar-refractivity contribution in [1.82, 2.24) is 14.4 Å². The lowest BCUT2D eigenvalue weighted by molar-refractivity contribution is 1.05. The summed E-state index contributed by atoms with van der Waals surface area (Å²) in [7, 11) is 0. The van der Waals surface area contributed by atoms with Crippen LogP contribution < -0.4 is 5.73 Å². The first-order valence-electron chi connectivity index (χ1n) is 3.33. The molecule has 0 aromatic carbocycles. The summed E-state index contributed by atoms with van der Waals surface area (Å²) in [5.74, 6) is 0.473. The first-order chi connectivity index (χ1) is 5.29. The third-order valence-electron chi connectivity index (χ3n) is 1.64. The van der Waals surface area contributed by atoms with Crippen LogP contribution in [0.2, 0.25) is 0 Å². The van der Waals surface area contributed by atoms with Crippen LogP contribution in [-0.4, -0.2) is 14.4 Å². The van der Waals surface area contributed by atoms with E-state index in [0.717, 1.165) is 11.3 Å². The second kappa shape index (κ2) is 1.95. The van der Waals surface area contributed by atoms with Crippen LogP contribution in [0.15, 0.2) is 18.6 Å². The van der Waals surface area contributed by atoms with Crippen molar-refractivity contribution in [2.45, 2.75) is 6.92 Å². The van der Waals surface area contributed by atoms with E-state index in [1.165, 1.54) is 0 Å². The average Bonchev–Trinajstić information content (AvgIpc) is 2.45. The Morgan fingerprint density at radius 1 is 1.45 bits per heavy atom. The van der Waals surface area contributed by atoms with Crippen LogP contribution in [0.3, 0.4) is 0 Å². The number of hydrogen-bond acceptors (Lipinski definition) is 3. The molecule has 0 radical (unpaired) electrons. The van der Waals surface area contributed by atoms with Crippen LogP contribution >= 0.6 is 0 Å². The Bertz CT molecular complexity index is 354. The average molecular weight is 148 g/mol. The summed E-state index contributed by atoms with van der Waals surface area (Å²) >= 11 is 0. The second-order valence-electron chi connectivity index (χ2n) is 2.41. The van der Waals surface area contributed by atoms with Crippen molar-refractivity contribution in [3.8, 4) is 0 Å². The van der Waals surface area contributed by atoms with Crippen LogP contribution in [0.25, 0.3) is 5.65 Å². The number of fused-ring (bicyclic) bond motifs is 1. The molecule has 4 nitrogen and oxygen atoms in total. The lowest BCUT2D eigenvalue weighted by Gasteiger charge is -1.99. The molecule has 56 valence electrons. The highest BCUT2D eigenvalue weighted by molar-refractivity contribution is 5.59. The number of imidazole rings is 1. The van der Waals surface area contributed by atoms with Crippen molar-refractivity contribution in [3.63, 3.8) is 0 Å². The van der Waals surface area contributed by atoms with E-state index in [1.807, 2.05) is 17.5 Å². The summed E-state index contributed by atoms with van der Waals surface area (Å²) in [5, 5.41) is 0. The molecule has 0 saturated carbocycles. The van der Waals surface area contributed by atoms with Gasteiger partial charge in [-0.05, 0) is 6.92 Å². The number of anilines is 1. The van der Waals surface area contributed by atoms with E-state index >= 15 is 0 Å². The third-order valence-corrected chi connectivity index (χ3v) is 1.64. The van der Waals surface area contributed by atoms with Gasteiger partial charge >= 0.3 is 0 Å². The smallest absolute Gasteiger partial charge is 0.180 e. The number of aryl methyl sites for hydroxylation is 1. The highest BCUT2D eigenvalue weighted by atomic mass is 15.1. The fraction of sp³-hybridized carbons (Fsp3) is 0.143. The predicted molar refractivity (Wildman–Crippen MR) is 42.1 cm³/mol. The third kappa shape index (κ3) is 0.756. The molecule has 0 bridgehead atoms. The van der Waals surface area contributed by atoms with Crippen LogP contribution in [0.4, 0.5) is 5.82 Å². The molecule has 0 saturated heterocycles. The molecule has 0 spiro atoms. The molecule has 0 aliphatic carbocycles. The van der Waals surface area contributed by atoms with Crippen molar-refractivity contribution in [2.75, 3.05) is 5.73 Å². The van der Waals surface area contributed by atoms with Gasteiger partial charge in [0, 0.05) is 24.3 Å². The van der Waals surface area contributed by atoms with Crippen molar-refractivity contribution in [2.24, 2.45) is 0 Å². The van der Waals surface area contributed by atoms with Crippen LogP contribution in [0, 0.1) is 6.92 Å². The quantitative estimate of drug-likeness (QED) is 0.595. The Hall–Kier alpha value is -1.58. The van der Waals surface area contributed by atoms with Gasteiger partial charge in [-0.25, -0.2) is 9.97 Å². The predicted octanol–water partition coefficient (Wildman–Crippen LogP) is 0.620. The number of rotatable bonds is 0. The van der Waals surface area contributed by atoms with Crippen molar-refractivity contribution < 1.29 is 0 Å². The van der Waals surface area contributed by atoms with E-state index < -0.39 is 0 Å². The topological polar surface area (TPSA) is 56.2 Å². The number of aromatic nitrogens is 3. The summed E-state index contributed by atoms with van der Waals surface area (Å²) < 4.78 is 1.91. The monoisotopic (exact) mass is 148 g/mol. The molecule has 4 heteroatoms. The first-order valence-corrected chi connectivity index (χ1v) is 3.33. The van der Waals surface area contributed by atoms with Crippen LogP contribution in [-0.2, 0) is 0 Å². The fourth-order valence-corrected chi connectivity index (χ4v) is 1.06. The highest BCUT2D eigenvalue weighted by Gasteiger charge is 2.00. The molecule has 2 aromatic heterocycles. The molecule has 11 heavy (non-hydrogen) atoms. The van der Waals surface area contributed by atoms with Gasteiger partial charge in [0.25, 0.3) is 0 Å². The van der Waals surface area contributed by atoms with E-state index in [4.69, 9.17) is 5.73 Å². The van der Waals surface area contributed by atoms with E-state index in [2.05, 4.69) is 9.97 Å². The normalized spacial score (nSPS) is 10.6. The van der Waals surface area contributed by atoms with Gasteiger partial charge in [-0.1, -0.05) is 0 Å². The number of hydrogen-bond donors (Lipinski definition) is 1. The van der Waals surface area contributed by atoms with Gasteiger partial charge in [0.05, 0.1) is 0 Å². The summed E-state index contributed by atoms with van der Waals surface area (Å²) in [6, 6.07) is 0. The van der Waals surface area contributed by atoms with Crippen molar-refractivity contribution >= 4 is 11.5 Å². The molecule has 0 atom stereocenters. The molecule has 2 N–H and O–H groups in total. The molecule has 0 unspecified atom stereocenters. The summed E-state index contributed by atoms with van der Waals surface area (Å²) in [6.45, 7) is 1.96. The van der Waals surface area contributed by atoms with Gasteiger partial charge in [0.15, 0.2) is 11.5 Å². The minimum Gasteiger partial charge on any atom is -0.381 e. The van der Waals surface area contributed by atoms with Crippen molar-refractivity contribution in [3.05, 3.63) is 24.3 Å². The lowest BCUT2D eigenvalue weighted by Crippen LogP contribution is -1.98. The van der Waals surface area contributed by atoms with Gasteiger partial charge < -0.3 is 5.73 Å². The minimum atomic E-state index is 0.473. The van der Waals surface area contributed by atoms with Crippen LogP contribution in [0.1, 0.15) is 5.69 Å². The number of nitrogens with two attached hydrogens (primary N) is 1. The Morgan fingerprint density at radius 3 is 3.00 bits per heavy atom. The Labute approximate surface area is 63.7 Å². The van der Waals surface area contributed by atoms with E-state index in [-0.39, 0.29) is 0 Å². The van der Waals surface area contributed by atoms with E-state index in [9.17, 15) is 0 Å². The molecule has 2 aromatic rings. The molecule has 0 aliphatic rings. The standard InChI is InChI=1S/C7H8N4/c1-5-4-10-6(8)7-9-2-3-11(5)7/h2-4H,1H3,(H2,8,10). The van der Waals surface area contributed by atoms with E-state index in [0.29, 0.717) is 5.82 Å². The zero-order valence-corrected chi connectivity index (χ0v) is 6.15. The van der Waals surface area contributed by atoms with Crippen molar-refractivity contribution in [1.29, 1.82) is 0 Å². The SMILES string of the molecule is Cc1cnc(N)c2nccn12. The largest absolute Gasteiger partial charge is 0.381 e. The van der Waals surface area contributed by atoms with Crippen LogP contribution in [0.5, 0.6) is 0 Å². The highest BCUT2D eigenvalue weighted by Crippen LogP contribution is 2.08. The maximum Gasteiger partial charge on any atom is 0.180 e. The van der Waals surface area contributed by atoms with Gasteiger partial charge in [-0.2, -0.15) is 0 Å². The van der Waals surface area contributed by atoms with Gasteiger partial charge in [-0.3, -0.25) is 4.40 Å². The molecule has 2 rings (SSSR count). The Balaban J connectivity index is 2.96. The number of nitrogen functional groups attached to an aromatic ring is 1. The Kier molecular flexibility index (Phi) is 1.09.